The fourth-order valence-corrected chi connectivity index (χ4v) is 1.98. The van der Waals surface area contributed by atoms with Crippen LogP contribution in [-0.4, -0.2) is 20.3 Å². The van der Waals surface area contributed by atoms with Crippen LogP contribution in [0.2, 0.25) is 0 Å². The molecule has 2 aromatic carbocycles. The molecule has 0 bridgehead atoms. The number of hydrogen-bond acceptors (Lipinski definition) is 3. The lowest BCUT2D eigenvalue weighted by atomic mass is 9.73. The Labute approximate surface area is 121 Å². The number of anilines is 1. The maximum absolute atomic E-state index is 5.78. The van der Waals surface area contributed by atoms with E-state index < -0.39 is 0 Å². The van der Waals surface area contributed by atoms with Gasteiger partial charge in [0, 0.05) is 12.3 Å². The molecule has 3 nitrogen and oxygen atoms in total. The predicted molar refractivity (Wildman–Crippen MR) is 84.7 cm³/mol. The van der Waals surface area contributed by atoms with Gasteiger partial charge in [0.1, 0.15) is 5.75 Å². The highest BCUT2D eigenvalue weighted by Gasteiger charge is 2.19. The topological polar surface area (TPSA) is 30.5 Å². The average Bonchev–Trinajstić information content (AvgIpc) is 2.49. The molecule has 0 aliphatic heterocycles. The van der Waals surface area contributed by atoms with Crippen LogP contribution in [0.5, 0.6) is 5.75 Å². The Bertz CT molecular complexity index is 502. The largest absolute Gasteiger partial charge is 0.494 e. The van der Waals surface area contributed by atoms with Gasteiger partial charge in [-0.2, -0.15) is 0 Å². The van der Waals surface area contributed by atoms with Crippen LogP contribution in [0.3, 0.4) is 0 Å². The number of rotatable bonds is 7. The number of para-hydroxylation sites is 1. The molecule has 0 spiro atoms. The molecule has 0 unspecified atom stereocenters. The maximum Gasteiger partial charge on any atom is 0.449 e. The molecule has 0 aliphatic carbocycles. The van der Waals surface area contributed by atoms with E-state index in [1.165, 1.54) is 0 Å². The molecule has 104 valence electrons. The Hall–Kier alpha value is -1.94. The normalized spacial score (nSPS) is 10.1. The van der Waals surface area contributed by atoms with E-state index in [0.717, 1.165) is 16.9 Å². The van der Waals surface area contributed by atoms with Crippen molar-refractivity contribution in [3.8, 4) is 5.75 Å². The van der Waals surface area contributed by atoms with E-state index in [4.69, 9.17) is 9.39 Å². The molecule has 0 fully saturated rings. The standard InChI is InChI=1S/C16H20BNO2/c1-3-19-16-12-10-14(11-13-16)17(20-4-2)18-15-8-6-5-7-9-15/h5-13,18H,3-4H2,1-2H3. The van der Waals surface area contributed by atoms with Crippen molar-refractivity contribution in [3.05, 3.63) is 54.6 Å². The average molecular weight is 269 g/mol. The molecular weight excluding hydrogens is 249 g/mol. The molecule has 0 atom stereocenters. The van der Waals surface area contributed by atoms with Crippen LogP contribution in [0.15, 0.2) is 54.6 Å². The van der Waals surface area contributed by atoms with Gasteiger partial charge in [-0.15, -0.1) is 0 Å². The fraction of sp³-hybridized carbons (Fsp3) is 0.250. The molecule has 0 aromatic heterocycles. The summed E-state index contributed by atoms with van der Waals surface area (Å²) in [6.45, 7) is 5.30. The minimum absolute atomic E-state index is 0.155. The molecular formula is C16H20BNO2. The Kier molecular flexibility index (Phi) is 5.50. The van der Waals surface area contributed by atoms with E-state index in [2.05, 4.69) is 5.23 Å². The quantitative estimate of drug-likeness (QED) is 0.784. The Morgan fingerprint density at radius 1 is 0.900 bits per heavy atom. The lowest BCUT2D eigenvalue weighted by Gasteiger charge is -2.16. The van der Waals surface area contributed by atoms with Crippen LogP contribution in [0.1, 0.15) is 13.8 Å². The summed E-state index contributed by atoms with van der Waals surface area (Å²) in [6.07, 6.45) is 0. The van der Waals surface area contributed by atoms with Crippen LogP contribution < -0.4 is 15.4 Å². The van der Waals surface area contributed by atoms with Gasteiger partial charge in [0.15, 0.2) is 0 Å². The van der Waals surface area contributed by atoms with E-state index in [0.29, 0.717) is 13.2 Å². The molecule has 2 aromatic rings. The van der Waals surface area contributed by atoms with E-state index in [-0.39, 0.29) is 7.05 Å². The van der Waals surface area contributed by atoms with Crippen molar-refractivity contribution in [2.24, 2.45) is 0 Å². The number of hydrogen-bond donors (Lipinski definition) is 1. The minimum Gasteiger partial charge on any atom is -0.494 e. The maximum atomic E-state index is 5.78. The van der Waals surface area contributed by atoms with Crippen LogP contribution in [-0.2, 0) is 4.65 Å². The van der Waals surface area contributed by atoms with Gasteiger partial charge in [-0.05, 0) is 43.6 Å². The first kappa shape index (κ1) is 14.5. The van der Waals surface area contributed by atoms with Crippen LogP contribution in [0.25, 0.3) is 0 Å². The molecule has 0 saturated carbocycles. The third-order valence-electron chi connectivity index (χ3n) is 2.90. The first-order valence-electron chi connectivity index (χ1n) is 6.99. The second kappa shape index (κ2) is 7.60. The third-order valence-corrected chi connectivity index (χ3v) is 2.90. The molecule has 0 saturated heterocycles. The van der Waals surface area contributed by atoms with Crippen molar-refractivity contribution in [2.45, 2.75) is 13.8 Å². The zero-order valence-electron chi connectivity index (χ0n) is 12.0. The van der Waals surface area contributed by atoms with Gasteiger partial charge in [-0.1, -0.05) is 30.3 Å². The fourth-order valence-electron chi connectivity index (χ4n) is 1.98. The first-order valence-corrected chi connectivity index (χ1v) is 6.99. The molecule has 20 heavy (non-hydrogen) atoms. The molecule has 0 aliphatic rings. The molecule has 0 heterocycles. The Morgan fingerprint density at radius 2 is 1.60 bits per heavy atom. The van der Waals surface area contributed by atoms with Crippen molar-refractivity contribution in [1.29, 1.82) is 0 Å². The monoisotopic (exact) mass is 269 g/mol. The van der Waals surface area contributed by atoms with Crippen LogP contribution in [0.4, 0.5) is 5.69 Å². The zero-order chi connectivity index (χ0) is 14.2. The third kappa shape index (κ3) is 4.03. The van der Waals surface area contributed by atoms with Gasteiger partial charge in [-0.25, -0.2) is 0 Å². The summed E-state index contributed by atoms with van der Waals surface area (Å²) in [4.78, 5) is 0. The Morgan fingerprint density at radius 3 is 2.20 bits per heavy atom. The van der Waals surface area contributed by atoms with Crippen LogP contribution >= 0.6 is 0 Å². The molecule has 0 amide bonds. The summed E-state index contributed by atoms with van der Waals surface area (Å²) in [6, 6.07) is 18.1. The van der Waals surface area contributed by atoms with Gasteiger partial charge < -0.3 is 14.6 Å². The predicted octanol–water partition coefficient (Wildman–Crippen LogP) is 2.93. The summed E-state index contributed by atoms with van der Waals surface area (Å²) in [5.74, 6) is 0.881. The first-order chi connectivity index (χ1) is 9.83. The van der Waals surface area contributed by atoms with Crippen molar-refractivity contribution < 1.29 is 9.39 Å². The van der Waals surface area contributed by atoms with Gasteiger partial charge in [0.25, 0.3) is 0 Å². The highest BCUT2D eigenvalue weighted by atomic mass is 16.5. The number of ether oxygens (including phenoxy) is 1. The van der Waals surface area contributed by atoms with Gasteiger partial charge in [0.2, 0.25) is 0 Å². The van der Waals surface area contributed by atoms with E-state index in [1.807, 2.05) is 68.4 Å². The SMILES string of the molecule is CCOB(Nc1ccccc1)c1ccc(OCC)cc1. The van der Waals surface area contributed by atoms with E-state index >= 15 is 0 Å². The summed E-state index contributed by atoms with van der Waals surface area (Å²) >= 11 is 0. The van der Waals surface area contributed by atoms with Gasteiger partial charge in [0.05, 0.1) is 6.61 Å². The Balaban J connectivity index is 2.11. The summed E-state index contributed by atoms with van der Waals surface area (Å²) in [7, 11) is -0.155. The summed E-state index contributed by atoms with van der Waals surface area (Å²) in [5, 5.41) is 3.38. The lowest BCUT2D eigenvalue weighted by molar-refractivity contribution is 0.340. The van der Waals surface area contributed by atoms with Crippen molar-refractivity contribution in [3.63, 3.8) is 0 Å². The van der Waals surface area contributed by atoms with Gasteiger partial charge >= 0.3 is 7.05 Å². The second-order valence-corrected chi connectivity index (χ2v) is 4.35. The number of benzene rings is 2. The molecule has 0 radical (unpaired) electrons. The van der Waals surface area contributed by atoms with Crippen molar-refractivity contribution >= 4 is 18.2 Å². The van der Waals surface area contributed by atoms with Crippen molar-refractivity contribution in [2.75, 3.05) is 18.4 Å². The summed E-state index contributed by atoms with van der Waals surface area (Å²) < 4.78 is 11.2. The summed E-state index contributed by atoms with van der Waals surface area (Å²) in [5.41, 5.74) is 2.12. The highest BCUT2D eigenvalue weighted by Crippen LogP contribution is 2.10. The lowest BCUT2D eigenvalue weighted by Crippen LogP contribution is -2.41. The number of nitrogens with one attached hydrogen (secondary N) is 1. The minimum atomic E-state index is -0.155. The van der Waals surface area contributed by atoms with E-state index in [9.17, 15) is 0 Å². The van der Waals surface area contributed by atoms with Gasteiger partial charge in [-0.3, -0.25) is 0 Å². The van der Waals surface area contributed by atoms with Crippen molar-refractivity contribution in [1.82, 2.24) is 0 Å². The molecule has 2 rings (SSSR count). The van der Waals surface area contributed by atoms with Crippen LogP contribution in [0, 0.1) is 0 Å². The molecule has 4 heteroatoms. The zero-order valence-corrected chi connectivity index (χ0v) is 12.0. The second-order valence-electron chi connectivity index (χ2n) is 4.35. The smallest absolute Gasteiger partial charge is 0.449 e. The van der Waals surface area contributed by atoms with E-state index in [1.54, 1.807) is 0 Å². The molecule has 1 N–H and O–H groups in total. The highest BCUT2D eigenvalue weighted by molar-refractivity contribution is 6.70.